The van der Waals surface area contributed by atoms with Crippen LogP contribution in [0.5, 0.6) is 5.75 Å². The smallest absolute Gasteiger partial charge is 0.343 e. The van der Waals surface area contributed by atoms with Crippen LogP contribution in [0.4, 0.5) is 0 Å². The molecule has 1 aliphatic rings. The Kier molecular flexibility index (Phi) is 1.72. The molecule has 0 saturated heterocycles. The summed E-state index contributed by atoms with van der Waals surface area (Å²) in [6, 6.07) is 7.34. The average molecular weight is 214 g/mol. The molecule has 2 aromatic rings. The van der Waals surface area contributed by atoms with E-state index >= 15 is 0 Å². The highest BCUT2D eigenvalue weighted by Gasteiger charge is 2.30. The summed E-state index contributed by atoms with van der Waals surface area (Å²) in [7, 11) is 0. The lowest BCUT2D eigenvalue weighted by atomic mass is 10.0. The minimum absolute atomic E-state index is 0.101. The second-order valence-electron chi connectivity index (χ2n) is 3.92. The van der Waals surface area contributed by atoms with Gasteiger partial charge in [-0.1, -0.05) is 25.6 Å². The SMILES string of the molecule is C=C1Oc2c(c(=O)oc3ccccc23)C1C. The van der Waals surface area contributed by atoms with Crippen LogP contribution in [-0.4, -0.2) is 0 Å². The lowest BCUT2D eigenvalue weighted by Gasteiger charge is -2.02. The molecule has 1 aliphatic heterocycles. The molecule has 3 heteroatoms. The predicted octanol–water partition coefficient (Wildman–Crippen LogP) is 2.80. The molecule has 0 fully saturated rings. The van der Waals surface area contributed by atoms with Gasteiger partial charge in [0.2, 0.25) is 0 Å². The first-order chi connectivity index (χ1) is 7.68. The van der Waals surface area contributed by atoms with Crippen LogP contribution in [0.15, 0.2) is 45.8 Å². The molecule has 3 rings (SSSR count). The van der Waals surface area contributed by atoms with Crippen LogP contribution in [0.3, 0.4) is 0 Å². The normalized spacial score (nSPS) is 18.6. The number of fused-ring (bicyclic) bond motifs is 3. The van der Waals surface area contributed by atoms with Gasteiger partial charge in [0.1, 0.15) is 17.1 Å². The van der Waals surface area contributed by atoms with E-state index in [1.54, 1.807) is 6.07 Å². The Morgan fingerprint density at radius 3 is 2.88 bits per heavy atom. The fourth-order valence-corrected chi connectivity index (χ4v) is 2.00. The van der Waals surface area contributed by atoms with Crippen LogP contribution < -0.4 is 10.4 Å². The average Bonchev–Trinajstić information content (AvgIpc) is 2.57. The highest BCUT2D eigenvalue weighted by molar-refractivity contribution is 5.85. The maximum Gasteiger partial charge on any atom is 0.343 e. The molecule has 1 aromatic carbocycles. The summed E-state index contributed by atoms with van der Waals surface area (Å²) < 4.78 is 10.8. The number of benzene rings is 1. The van der Waals surface area contributed by atoms with Crippen molar-refractivity contribution in [2.24, 2.45) is 0 Å². The van der Waals surface area contributed by atoms with E-state index in [9.17, 15) is 4.79 Å². The van der Waals surface area contributed by atoms with Crippen LogP contribution in [0.25, 0.3) is 11.0 Å². The molecule has 1 aromatic heterocycles. The summed E-state index contributed by atoms with van der Waals surface area (Å²) in [5, 5.41) is 0.822. The monoisotopic (exact) mass is 214 g/mol. The fourth-order valence-electron chi connectivity index (χ4n) is 2.00. The lowest BCUT2D eigenvalue weighted by molar-refractivity contribution is 0.438. The van der Waals surface area contributed by atoms with E-state index in [0.29, 0.717) is 22.7 Å². The molecular weight excluding hydrogens is 204 g/mol. The zero-order chi connectivity index (χ0) is 11.3. The molecule has 3 nitrogen and oxygen atoms in total. The summed E-state index contributed by atoms with van der Waals surface area (Å²) >= 11 is 0. The molecule has 0 spiro atoms. The number of ether oxygens (including phenoxy) is 1. The fraction of sp³-hybridized carbons (Fsp3) is 0.154. The van der Waals surface area contributed by atoms with Gasteiger partial charge in [-0.25, -0.2) is 4.79 Å². The third-order valence-corrected chi connectivity index (χ3v) is 2.95. The minimum atomic E-state index is -0.333. The summed E-state index contributed by atoms with van der Waals surface area (Å²) in [5.74, 6) is 1.10. The van der Waals surface area contributed by atoms with Crippen molar-refractivity contribution in [2.45, 2.75) is 12.8 Å². The van der Waals surface area contributed by atoms with Gasteiger partial charge in [0.15, 0.2) is 0 Å². The van der Waals surface area contributed by atoms with Gasteiger partial charge in [0.05, 0.1) is 10.9 Å². The Morgan fingerprint density at radius 2 is 2.06 bits per heavy atom. The van der Waals surface area contributed by atoms with Crippen molar-refractivity contribution >= 4 is 11.0 Å². The van der Waals surface area contributed by atoms with E-state index in [4.69, 9.17) is 9.15 Å². The molecule has 1 atom stereocenters. The molecule has 80 valence electrons. The summed E-state index contributed by atoms with van der Waals surface area (Å²) in [6.07, 6.45) is 0. The van der Waals surface area contributed by atoms with Crippen molar-refractivity contribution in [3.8, 4) is 5.75 Å². The van der Waals surface area contributed by atoms with E-state index in [1.807, 2.05) is 25.1 Å². The van der Waals surface area contributed by atoms with Crippen molar-refractivity contribution in [1.82, 2.24) is 0 Å². The van der Waals surface area contributed by atoms with Crippen LogP contribution in [-0.2, 0) is 0 Å². The zero-order valence-corrected chi connectivity index (χ0v) is 8.82. The Hall–Kier alpha value is -2.03. The molecule has 0 amide bonds. The summed E-state index contributed by atoms with van der Waals surface area (Å²) in [6.45, 7) is 5.68. The van der Waals surface area contributed by atoms with E-state index < -0.39 is 0 Å². The number of rotatable bonds is 0. The maximum absolute atomic E-state index is 11.8. The molecule has 16 heavy (non-hydrogen) atoms. The minimum Gasteiger partial charge on any atom is -0.460 e. The van der Waals surface area contributed by atoms with Crippen LogP contribution >= 0.6 is 0 Å². The van der Waals surface area contributed by atoms with Crippen molar-refractivity contribution in [3.63, 3.8) is 0 Å². The van der Waals surface area contributed by atoms with E-state index in [-0.39, 0.29) is 11.5 Å². The molecule has 2 heterocycles. The number of para-hydroxylation sites is 1. The maximum atomic E-state index is 11.8. The van der Waals surface area contributed by atoms with Gasteiger partial charge in [-0.15, -0.1) is 0 Å². The number of allylic oxidation sites excluding steroid dienone is 1. The van der Waals surface area contributed by atoms with E-state index in [1.165, 1.54) is 0 Å². The molecule has 0 N–H and O–H groups in total. The van der Waals surface area contributed by atoms with Crippen molar-refractivity contribution in [3.05, 3.63) is 52.6 Å². The predicted molar refractivity (Wildman–Crippen MR) is 60.7 cm³/mol. The first-order valence-corrected chi connectivity index (χ1v) is 5.11. The van der Waals surface area contributed by atoms with Gasteiger partial charge in [0.25, 0.3) is 0 Å². The topological polar surface area (TPSA) is 39.4 Å². The second-order valence-corrected chi connectivity index (χ2v) is 3.92. The van der Waals surface area contributed by atoms with Crippen molar-refractivity contribution < 1.29 is 9.15 Å². The highest BCUT2D eigenvalue weighted by Crippen LogP contribution is 2.41. The van der Waals surface area contributed by atoms with Crippen LogP contribution in [0.1, 0.15) is 18.4 Å². The Bertz CT molecular complexity index is 652. The Morgan fingerprint density at radius 1 is 1.31 bits per heavy atom. The van der Waals surface area contributed by atoms with E-state index in [0.717, 1.165) is 5.39 Å². The van der Waals surface area contributed by atoms with Gasteiger partial charge < -0.3 is 9.15 Å². The molecule has 1 unspecified atom stereocenters. The van der Waals surface area contributed by atoms with Crippen LogP contribution in [0.2, 0.25) is 0 Å². The van der Waals surface area contributed by atoms with Crippen molar-refractivity contribution in [2.75, 3.05) is 0 Å². The zero-order valence-electron chi connectivity index (χ0n) is 8.82. The molecule has 0 bridgehead atoms. The van der Waals surface area contributed by atoms with E-state index in [2.05, 4.69) is 6.58 Å². The Labute approximate surface area is 92.0 Å². The van der Waals surface area contributed by atoms with Gasteiger partial charge in [-0.3, -0.25) is 0 Å². The summed E-state index contributed by atoms with van der Waals surface area (Å²) in [5.41, 5.74) is 0.789. The second kappa shape index (κ2) is 2.98. The quantitative estimate of drug-likeness (QED) is 0.633. The van der Waals surface area contributed by atoms with Crippen molar-refractivity contribution in [1.29, 1.82) is 0 Å². The van der Waals surface area contributed by atoms with Crippen LogP contribution in [0, 0.1) is 0 Å². The molecule has 0 radical (unpaired) electrons. The largest absolute Gasteiger partial charge is 0.460 e. The molecule has 0 aliphatic carbocycles. The third kappa shape index (κ3) is 1.05. The summed E-state index contributed by atoms with van der Waals surface area (Å²) in [4.78, 5) is 11.8. The highest BCUT2D eigenvalue weighted by atomic mass is 16.5. The number of hydrogen-bond acceptors (Lipinski definition) is 3. The van der Waals surface area contributed by atoms with Gasteiger partial charge in [-0.2, -0.15) is 0 Å². The lowest BCUT2D eigenvalue weighted by Crippen LogP contribution is -2.07. The first-order valence-electron chi connectivity index (χ1n) is 5.11. The standard InChI is InChI=1S/C13H10O3/c1-7-8(2)15-12-9-5-3-4-6-10(9)16-13(14)11(7)12/h3-7H,2H2,1H3. The Balaban J connectivity index is 2.48. The molecular formula is C13H10O3. The van der Waals surface area contributed by atoms with Gasteiger partial charge in [-0.05, 0) is 12.1 Å². The number of hydrogen-bond donors (Lipinski definition) is 0. The first kappa shape index (κ1) is 9.21. The van der Waals surface area contributed by atoms with Gasteiger partial charge >= 0.3 is 5.63 Å². The molecule has 0 saturated carbocycles. The third-order valence-electron chi connectivity index (χ3n) is 2.95. The van der Waals surface area contributed by atoms with Gasteiger partial charge in [0, 0.05) is 5.92 Å².